The standard InChI is InChI=1S/C16H21N3O3/c1-11(2)16-17-15(18-22-16)13-3-6-19(7-4-13)14(20)9-12-5-8-21-10-12/h5,8,10-11,13H,3-4,6-7,9H2,1-2H3. The first-order chi connectivity index (χ1) is 10.6. The van der Waals surface area contributed by atoms with Crippen molar-refractivity contribution < 1.29 is 13.7 Å². The van der Waals surface area contributed by atoms with Crippen LogP contribution in [0.3, 0.4) is 0 Å². The number of aromatic nitrogens is 2. The third kappa shape index (κ3) is 3.21. The SMILES string of the molecule is CC(C)c1nc(C2CCN(C(=O)Cc3ccoc3)CC2)no1. The number of hydrogen-bond acceptors (Lipinski definition) is 5. The molecule has 6 heteroatoms. The van der Waals surface area contributed by atoms with Gasteiger partial charge in [0.15, 0.2) is 5.82 Å². The summed E-state index contributed by atoms with van der Waals surface area (Å²) in [5, 5.41) is 4.09. The smallest absolute Gasteiger partial charge is 0.229 e. The summed E-state index contributed by atoms with van der Waals surface area (Å²) in [4.78, 5) is 18.6. The first kappa shape index (κ1) is 14.8. The van der Waals surface area contributed by atoms with Crippen LogP contribution in [0.2, 0.25) is 0 Å². The van der Waals surface area contributed by atoms with Crippen LogP contribution < -0.4 is 0 Å². The van der Waals surface area contributed by atoms with E-state index in [1.165, 1.54) is 0 Å². The van der Waals surface area contributed by atoms with Crippen LogP contribution in [0.4, 0.5) is 0 Å². The highest BCUT2D eigenvalue weighted by Crippen LogP contribution is 2.27. The maximum absolute atomic E-state index is 12.2. The van der Waals surface area contributed by atoms with Crippen molar-refractivity contribution in [3.8, 4) is 0 Å². The van der Waals surface area contributed by atoms with Crippen LogP contribution >= 0.6 is 0 Å². The average Bonchev–Trinajstić information content (AvgIpc) is 3.18. The van der Waals surface area contributed by atoms with E-state index in [9.17, 15) is 4.79 Å². The summed E-state index contributed by atoms with van der Waals surface area (Å²) in [7, 11) is 0. The zero-order valence-electron chi connectivity index (χ0n) is 13.0. The molecule has 0 bridgehead atoms. The van der Waals surface area contributed by atoms with E-state index in [1.54, 1.807) is 12.5 Å². The molecule has 22 heavy (non-hydrogen) atoms. The average molecular weight is 303 g/mol. The number of piperidine rings is 1. The van der Waals surface area contributed by atoms with Gasteiger partial charge in [-0.15, -0.1) is 0 Å². The second-order valence-corrected chi connectivity index (χ2v) is 6.11. The first-order valence-electron chi connectivity index (χ1n) is 7.76. The topological polar surface area (TPSA) is 72.4 Å². The quantitative estimate of drug-likeness (QED) is 0.868. The molecule has 0 atom stereocenters. The van der Waals surface area contributed by atoms with Crippen LogP contribution in [0.5, 0.6) is 0 Å². The number of nitrogens with zero attached hydrogens (tertiary/aromatic N) is 3. The van der Waals surface area contributed by atoms with E-state index in [0.717, 1.165) is 37.3 Å². The summed E-state index contributed by atoms with van der Waals surface area (Å²) in [6.45, 7) is 5.56. The van der Waals surface area contributed by atoms with Crippen LogP contribution in [-0.4, -0.2) is 34.0 Å². The molecule has 1 saturated heterocycles. The molecule has 118 valence electrons. The third-order valence-corrected chi connectivity index (χ3v) is 4.10. The predicted molar refractivity (Wildman–Crippen MR) is 79.4 cm³/mol. The minimum absolute atomic E-state index is 0.149. The molecule has 0 unspecified atom stereocenters. The summed E-state index contributed by atoms with van der Waals surface area (Å²) < 4.78 is 10.3. The van der Waals surface area contributed by atoms with Gasteiger partial charge in [-0.3, -0.25) is 4.79 Å². The highest BCUT2D eigenvalue weighted by molar-refractivity contribution is 5.78. The van der Waals surface area contributed by atoms with E-state index >= 15 is 0 Å². The van der Waals surface area contributed by atoms with Gasteiger partial charge >= 0.3 is 0 Å². The Morgan fingerprint density at radius 1 is 1.41 bits per heavy atom. The summed E-state index contributed by atoms with van der Waals surface area (Å²) in [5.41, 5.74) is 0.923. The van der Waals surface area contributed by atoms with Gasteiger partial charge in [-0.1, -0.05) is 19.0 Å². The summed E-state index contributed by atoms with van der Waals surface area (Å²) in [5.74, 6) is 2.15. The molecule has 1 aliphatic rings. The Morgan fingerprint density at radius 2 is 2.18 bits per heavy atom. The summed E-state index contributed by atoms with van der Waals surface area (Å²) >= 11 is 0. The minimum atomic E-state index is 0.149. The van der Waals surface area contributed by atoms with Crippen LogP contribution in [0.1, 0.15) is 55.8 Å². The van der Waals surface area contributed by atoms with Crippen LogP contribution in [0.25, 0.3) is 0 Å². The molecular weight excluding hydrogens is 282 g/mol. The Kier molecular flexibility index (Phi) is 4.27. The zero-order chi connectivity index (χ0) is 15.5. The molecular formula is C16H21N3O3. The molecule has 1 aliphatic heterocycles. The molecule has 3 heterocycles. The van der Waals surface area contributed by atoms with Gasteiger partial charge in [0.05, 0.1) is 18.9 Å². The minimum Gasteiger partial charge on any atom is -0.472 e. The van der Waals surface area contributed by atoms with E-state index in [-0.39, 0.29) is 17.7 Å². The largest absolute Gasteiger partial charge is 0.472 e. The van der Waals surface area contributed by atoms with Gasteiger partial charge in [0, 0.05) is 24.9 Å². The lowest BCUT2D eigenvalue weighted by Gasteiger charge is -2.30. The van der Waals surface area contributed by atoms with Crippen molar-refractivity contribution >= 4 is 5.91 Å². The lowest BCUT2D eigenvalue weighted by Crippen LogP contribution is -2.38. The van der Waals surface area contributed by atoms with Gasteiger partial charge < -0.3 is 13.8 Å². The normalized spacial score (nSPS) is 16.4. The predicted octanol–water partition coefficient (Wildman–Crippen LogP) is 2.73. The van der Waals surface area contributed by atoms with Crippen molar-refractivity contribution in [2.75, 3.05) is 13.1 Å². The third-order valence-electron chi connectivity index (χ3n) is 4.10. The summed E-state index contributed by atoms with van der Waals surface area (Å²) in [6.07, 6.45) is 5.39. The number of rotatable bonds is 4. The Labute approximate surface area is 129 Å². The lowest BCUT2D eigenvalue weighted by molar-refractivity contribution is -0.131. The van der Waals surface area contributed by atoms with Crippen molar-refractivity contribution in [1.82, 2.24) is 15.0 Å². The van der Waals surface area contributed by atoms with Crippen LogP contribution in [0, 0.1) is 0 Å². The molecule has 1 amide bonds. The molecule has 0 aliphatic carbocycles. The van der Waals surface area contributed by atoms with Crippen molar-refractivity contribution in [3.63, 3.8) is 0 Å². The van der Waals surface area contributed by atoms with Crippen LogP contribution in [0.15, 0.2) is 27.5 Å². The van der Waals surface area contributed by atoms with E-state index in [4.69, 9.17) is 8.94 Å². The second-order valence-electron chi connectivity index (χ2n) is 6.11. The van der Waals surface area contributed by atoms with E-state index in [2.05, 4.69) is 10.1 Å². The molecule has 0 spiro atoms. The molecule has 0 N–H and O–H groups in total. The number of hydrogen-bond donors (Lipinski definition) is 0. The molecule has 2 aromatic heterocycles. The lowest BCUT2D eigenvalue weighted by atomic mass is 9.96. The fraction of sp³-hybridized carbons (Fsp3) is 0.562. The fourth-order valence-corrected chi connectivity index (χ4v) is 2.71. The van der Waals surface area contributed by atoms with Gasteiger partial charge in [0.25, 0.3) is 0 Å². The molecule has 0 saturated carbocycles. The van der Waals surface area contributed by atoms with Gasteiger partial charge in [-0.2, -0.15) is 4.98 Å². The van der Waals surface area contributed by atoms with Crippen molar-refractivity contribution in [2.45, 2.75) is 44.9 Å². The number of carbonyl (C=O) groups is 1. The number of amides is 1. The van der Waals surface area contributed by atoms with Gasteiger partial charge in [-0.05, 0) is 24.5 Å². The van der Waals surface area contributed by atoms with E-state index < -0.39 is 0 Å². The van der Waals surface area contributed by atoms with Crippen molar-refractivity contribution in [2.24, 2.45) is 0 Å². The highest BCUT2D eigenvalue weighted by atomic mass is 16.5. The first-order valence-corrected chi connectivity index (χ1v) is 7.76. The van der Waals surface area contributed by atoms with E-state index in [1.807, 2.05) is 24.8 Å². The monoisotopic (exact) mass is 303 g/mol. The highest BCUT2D eigenvalue weighted by Gasteiger charge is 2.27. The fourth-order valence-electron chi connectivity index (χ4n) is 2.71. The Bertz CT molecular complexity index is 610. The van der Waals surface area contributed by atoms with Gasteiger partial charge in [-0.25, -0.2) is 0 Å². The Hall–Kier alpha value is -2.11. The van der Waals surface area contributed by atoms with Crippen molar-refractivity contribution in [3.05, 3.63) is 35.9 Å². The Morgan fingerprint density at radius 3 is 2.77 bits per heavy atom. The molecule has 0 radical (unpaired) electrons. The van der Waals surface area contributed by atoms with Crippen molar-refractivity contribution in [1.29, 1.82) is 0 Å². The number of carbonyl (C=O) groups excluding carboxylic acids is 1. The van der Waals surface area contributed by atoms with Gasteiger partial charge in [0.1, 0.15) is 0 Å². The summed E-state index contributed by atoms with van der Waals surface area (Å²) in [6, 6.07) is 1.83. The molecule has 3 rings (SSSR count). The van der Waals surface area contributed by atoms with Gasteiger partial charge in [0.2, 0.25) is 11.8 Å². The molecule has 1 fully saturated rings. The second kappa shape index (κ2) is 6.34. The molecule has 2 aromatic rings. The molecule has 6 nitrogen and oxygen atoms in total. The maximum atomic E-state index is 12.2. The van der Waals surface area contributed by atoms with Crippen LogP contribution in [-0.2, 0) is 11.2 Å². The number of furan rings is 1. The zero-order valence-corrected chi connectivity index (χ0v) is 13.0. The maximum Gasteiger partial charge on any atom is 0.229 e. The molecule has 0 aromatic carbocycles. The Balaban J connectivity index is 1.54. The number of likely N-dealkylation sites (tertiary alicyclic amines) is 1. The van der Waals surface area contributed by atoms with E-state index in [0.29, 0.717) is 12.3 Å².